The molecule has 0 bridgehead atoms. The highest BCUT2D eigenvalue weighted by molar-refractivity contribution is 7.20. The van der Waals surface area contributed by atoms with Crippen molar-refractivity contribution in [3.05, 3.63) is 46.9 Å². The van der Waals surface area contributed by atoms with Crippen LogP contribution in [-0.4, -0.2) is 59.1 Å². The summed E-state index contributed by atoms with van der Waals surface area (Å²) in [5.74, 6) is 1.27. The van der Waals surface area contributed by atoms with E-state index in [1.54, 1.807) is 18.4 Å². The van der Waals surface area contributed by atoms with Gasteiger partial charge in [0.15, 0.2) is 5.82 Å². The molecular weight excluding hydrogens is 364 g/mol. The fraction of sp³-hybridized carbons (Fsp3) is 0.421. The normalized spacial score (nSPS) is 16.0. The molecule has 1 aliphatic heterocycles. The van der Waals surface area contributed by atoms with Crippen LogP contribution in [0.5, 0.6) is 0 Å². The Labute approximate surface area is 161 Å². The van der Waals surface area contributed by atoms with Gasteiger partial charge in [-0.1, -0.05) is 23.4 Å². The molecule has 1 saturated heterocycles. The number of methoxy groups -OCH3 is 1. The number of hydrogen-bond donors (Lipinski definition) is 0. The lowest BCUT2D eigenvalue weighted by atomic mass is 10.2. The molecule has 3 heterocycles. The van der Waals surface area contributed by atoms with Crippen molar-refractivity contribution < 1.29 is 14.1 Å². The number of fused-ring (bicyclic) bond motifs is 1. The van der Waals surface area contributed by atoms with E-state index in [0.29, 0.717) is 31.4 Å². The molecule has 0 aliphatic carbocycles. The molecule has 0 spiro atoms. The monoisotopic (exact) mass is 386 g/mol. The smallest absolute Gasteiger partial charge is 0.264 e. The molecule has 1 aromatic carbocycles. The van der Waals surface area contributed by atoms with Gasteiger partial charge in [-0.25, -0.2) is 0 Å². The molecule has 142 valence electrons. The highest BCUT2D eigenvalue weighted by Crippen LogP contribution is 2.26. The Morgan fingerprint density at radius 1 is 1.26 bits per heavy atom. The highest BCUT2D eigenvalue weighted by Gasteiger charge is 2.22. The van der Waals surface area contributed by atoms with Gasteiger partial charge < -0.3 is 14.2 Å². The van der Waals surface area contributed by atoms with Crippen molar-refractivity contribution in [3.63, 3.8) is 0 Å². The number of carbonyl (C=O) groups is 1. The zero-order valence-electron chi connectivity index (χ0n) is 15.3. The maximum atomic E-state index is 12.9. The first-order valence-corrected chi connectivity index (χ1v) is 9.85. The van der Waals surface area contributed by atoms with Crippen LogP contribution in [0.15, 0.2) is 34.9 Å². The van der Waals surface area contributed by atoms with Gasteiger partial charge in [0.1, 0.15) is 6.61 Å². The molecule has 1 fully saturated rings. The maximum Gasteiger partial charge on any atom is 0.264 e. The Balaban J connectivity index is 1.38. The van der Waals surface area contributed by atoms with E-state index in [-0.39, 0.29) is 5.91 Å². The number of ether oxygens (including phenoxy) is 1. The van der Waals surface area contributed by atoms with Crippen molar-refractivity contribution in [2.75, 3.05) is 33.3 Å². The second-order valence-electron chi connectivity index (χ2n) is 6.61. The van der Waals surface area contributed by atoms with Gasteiger partial charge in [0.25, 0.3) is 5.91 Å². The third-order valence-corrected chi connectivity index (χ3v) is 5.76. The minimum absolute atomic E-state index is 0.123. The van der Waals surface area contributed by atoms with Crippen LogP contribution < -0.4 is 0 Å². The molecule has 7 nitrogen and oxygen atoms in total. The van der Waals surface area contributed by atoms with Crippen molar-refractivity contribution in [2.45, 2.75) is 19.6 Å². The van der Waals surface area contributed by atoms with Crippen molar-refractivity contribution in [1.29, 1.82) is 0 Å². The Bertz CT molecular complexity index is 889. The highest BCUT2D eigenvalue weighted by atomic mass is 32.1. The van der Waals surface area contributed by atoms with E-state index in [4.69, 9.17) is 9.26 Å². The number of carbonyl (C=O) groups excluding carboxylic acids is 1. The largest absolute Gasteiger partial charge is 0.377 e. The summed E-state index contributed by atoms with van der Waals surface area (Å²) in [4.78, 5) is 22.3. The van der Waals surface area contributed by atoms with Gasteiger partial charge in [0, 0.05) is 38.0 Å². The molecule has 0 N–H and O–H groups in total. The third-order valence-electron chi connectivity index (χ3n) is 4.65. The fourth-order valence-electron chi connectivity index (χ4n) is 3.31. The number of benzene rings is 1. The number of hydrogen-bond acceptors (Lipinski definition) is 7. The first-order valence-electron chi connectivity index (χ1n) is 9.03. The van der Waals surface area contributed by atoms with Crippen LogP contribution in [-0.2, 0) is 17.9 Å². The molecule has 1 amide bonds. The predicted octanol–water partition coefficient (Wildman–Crippen LogP) is 2.78. The van der Waals surface area contributed by atoms with Gasteiger partial charge in [0.05, 0.1) is 11.4 Å². The quantitative estimate of drug-likeness (QED) is 0.671. The lowest BCUT2D eigenvalue weighted by molar-refractivity contribution is 0.0765. The van der Waals surface area contributed by atoms with Crippen LogP contribution in [0.2, 0.25) is 0 Å². The van der Waals surface area contributed by atoms with Crippen LogP contribution in [0, 0.1) is 0 Å². The van der Waals surface area contributed by atoms with Crippen molar-refractivity contribution >= 4 is 27.3 Å². The van der Waals surface area contributed by atoms with Crippen LogP contribution >= 0.6 is 11.3 Å². The Morgan fingerprint density at radius 3 is 3.00 bits per heavy atom. The van der Waals surface area contributed by atoms with Gasteiger partial charge in [-0.15, -0.1) is 11.3 Å². The number of aromatic nitrogens is 2. The number of nitrogens with zero attached hydrogens (tertiary/aromatic N) is 4. The zero-order valence-corrected chi connectivity index (χ0v) is 16.1. The van der Waals surface area contributed by atoms with E-state index in [2.05, 4.69) is 27.2 Å². The Kier molecular flexibility index (Phi) is 5.47. The summed E-state index contributed by atoms with van der Waals surface area (Å²) in [5.41, 5.74) is 0. The molecule has 0 unspecified atom stereocenters. The minimum Gasteiger partial charge on any atom is -0.377 e. The van der Waals surface area contributed by atoms with Crippen LogP contribution in [0.1, 0.15) is 27.8 Å². The van der Waals surface area contributed by atoms with Crippen molar-refractivity contribution in [2.24, 2.45) is 0 Å². The second-order valence-corrected chi connectivity index (χ2v) is 7.69. The molecule has 0 atom stereocenters. The van der Waals surface area contributed by atoms with Gasteiger partial charge in [0.2, 0.25) is 5.89 Å². The fourth-order valence-corrected chi connectivity index (χ4v) is 4.34. The Hall–Kier alpha value is -2.29. The molecule has 0 saturated carbocycles. The van der Waals surface area contributed by atoms with E-state index < -0.39 is 0 Å². The average Bonchev–Trinajstić information content (AvgIpc) is 3.23. The minimum atomic E-state index is 0.123. The first kappa shape index (κ1) is 18.1. The maximum absolute atomic E-state index is 12.9. The molecule has 2 aromatic heterocycles. The lowest BCUT2D eigenvalue weighted by Gasteiger charge is -2.20. The number of rotatable bonds is 5. The lowest BCUT2D eigenvalue weighted by Crippen LogP contribution is -2.34. The summed E-state index contributed by atoms with van der Waals surface area (Å²) in [5, 5.41) is 5.03. The second kappa shape index (κ2) is 8.16. The molecule has 4 rings (SSSR count). The van der Waals surface area contributed by atoms with Gasteiger partial charge in [-0.3, -0.25) is 9.69 Å². The number of amides is 1. The SMILES string of the molecule is COCc1noc(CN2CCCN(C(=O)c3cc4ccccc4s3)CC2)n1. The van der Waals surface area contributed by atoms with Crippen molar-refractivity contribution in [3.8, 4) is 0 Å². The molecule has 3 aromatic rings. The van der Waals surface area contributed by atoms with E-state index in [9.17, 15) is 4.79 Å². The summed E-state index contributed by atoms with van der Waals surface area (Å²) >= 11 is 1.57. The summed E-state index contributed by atoms with van der Waals surface area (Å²) < 4.78 is 11.4. The van der Waals surface area contributed by atoms with Gasteiger partial charge in [-0.2, -0.15) is 4.98 Å². The standard InChI is InChI=1S/C19H22N4O3S/c1-25-13-17-20-18(26-21-17)12-22-7-4-8-23(10-9-22)19(24)16-11-14-5-2-3-6-15(14)27-16/h2-3,5-6,11H,4,7-10,12-13H2,1H3. The Morgan fingerprint density at radius 2 is 2.15 bits per heavy atom. The van der Waals surface area contributed by atoms with E-state index in [0.717, 1.165) is 41.0 Å². The van der Waals surface area contributed by atoms with Crippen LogP contribution in [0.4, 0.5) is 0 Å². The van der Waals surface area contributed by atoms with Gasteiger partial charge in [-0.05, 0) is 23.9 Å². The van der Waals surface area contributed by atoms with Crippen molar-refractivity contribution in [1.82, 2.24) is 19.9 Å². The van der Waals surface area contributed by atoms with E-state index in [1.807, 2.05) is 23.1 Å². The average molecular weight is 386 g/mol. The topological polar surface area (TPSA) is 71.7 Å². The summed E-state index contributed by atoms with van der Waals surface area (Å²) in [6, 6.07) is 10.1. The summed E-state index contributed by atoms with van der Waals surface area (Å²) in [6.45, 7) is 4.11. The predicted molar refractivity (Wildman–Crippen MR) is 103 cm³/mol. The summed E-state index contributed by atoms with van der Waals surface area (Å²) in [7, 11) is 1.60. The third kappa shape index (κ3) is 4.18. The zero-order chi connectivity index (χ0) is 18.6. The van der Waals surface area contributed by atoms with Gasteiger partial charge >= 0.3 is 0 Å². The van der Waals surface area contributed by atoms with Crippen LogP contribution in [0.3, 0.4) is 0 Å². The first-order chi connectivity index (χ1) is 13.2. The molecule has 27 heavy (non-hydrogen) atoms. The molecule has 1 aliphatic rings. The molecule has 0 radical (unpaired) electrons. The number of thiophene rings is 1. The molecular formula is C19H22N4O3S. The van der Waals surface area contributed by atoms with E-state index in [1.165, 1.54) is 0 Å². The molecule has 8 heteroatoms. The summed E-state index contributed by atoms with van der Waals surface area (Å²) in [6.07, 6.45) is 0.926. The van der Waals surface area contributed by atoms with E-state index >= 15 is 0 Å². The van der Waals surface area contributed by atoms with Crippen LogP contribution in [0.25, 0.3) is 10.1 Å².